The van der Waals surface area contributed by atoms with Gasteiger partial charge in [0.15, 0.2) is 11.6 Å². The lowest BCUT2D eigenvalue weighted by molar-refractivity contribution is 0.102. The minimum absolute atomic E-state index is 0.0854. The van der Waals surface area contributed by atoms with Gasteiger partial charge in [-0.15, -0.1) is 0 Å². The summed E-state index contributed by atoms with van der Waals surface area (Å²) in [7, 11) is -3.67. The van der Waals surface area contributed by atoms with Crippen LogP contribution >= 0.6 is 0 Å². The third-order valence-corrected chi connectivity index (χ3v) is 7.59. The molecule has 1 aromatic carbocycles. The van der Waals surface area contributed by atoms with Gasteiger partial charge in [-0.1, -0.05) is 19.3 Å². The molecule has 1 aromatic heterocycles. The molecule has 2 N–H and O–H groups in total. The molecule has 1 unspecified atom stereocenters. The van der Waals surface area contributed by atoms with Gasteiger partial charge in [0, 0.05) is 24.9 Å². The third-order valence-electron chi connectivity index (χ3n) is 6.15. The number of sulfonamides is 1. The minimum Gasteiger partial charge on any atom is -0.489 e. The van der Waals surface area contributed by atoms with E-state index in [2.05, 4.69) is 15.0 Å². The van der Waals surface area contributed by atoms with Crippen molar-refractivity contribution in [2.24, 2.45) is 5.92 Å². The fourth-order valence-corrected chi connectivity index (χ4v) is 5.29. The Morgan fingerprint density at radius 2 is 1.85 bits per heavy atom. The number of anilines is 1. The van der Waals surface area contributed by atoms with Gasteiger partial charge < -0.3 is 14.8 Å². The Bertz CT molecular complexity index is 1030. The number of nitrogens with zero attached hydrogens (tertiary/aromatic N) is 1. The molecule has 0 radical (unpaired) electrons. The maximum Gasteiger partial charge on any atom is 0.256 e. The lowest BCUT2D eigenvalue weighted by atomic mass is 9.90. The molecule has 1 atom stereocenters. The molecular formula is C24H31N3O5S. The second-order valence-electron chi connectivity index (χ2n) is 8.63. The molecule has 1 aliphatic heterocycles. The van der Waals surface area contributed by atoms with Crippen molar-refractivity contribution in [3.8, 4) is 5.75 Å². The van der Waals surface area contributed by atoms with E-state index in [0.717, 1.165) is 12.8 Å². The van der Waals surface area contributed by atoms with E-state index in [1.165, 1.54) is 56.4 Å². The summed E-state index contributed by atoms with van der Waals surface area (Å²) in [6.07, 6.45) is 9.40. The van der Waals surface area contributed by atoms with Crippen LogP contribution in [0.5, 0.6) is 5.75 Å². The highest BCUT2D eigenvalue weighted by Crippen LogP contribution is 2.27. The van der Waals surface area contributed by atoms with Crippen LogP contribution in [0.3, 0.4) is 0 Å². The highest BCUT2D eigenvalue weighted by atomic mass is 32.2. The molecule has 1 aliphatic carbocycles. The second-order valence-corrected chi connectivity index (χ2v) is 10.4. The van der Waals surface area contributed by atoms with Gasteiger partial charge in [0.1, 0.15) is 0 Å². The summed E-state index contributed by atoms with van der Waals surface area (Å²) in [5.74, 6) is 1.04. The quantitative estimate of drug-likeness (QED) is 0.574. The maximum absolute atomic E-state index is 12.7. The largest absolute Gasteiger partial charge is 0.489 e. The standard InChI is InChI=1S/C24H31N3O5S/c28-24(27-23-22(9-4-14-25-23)32-17-18-6-2-1-3-7-18)19-10-12-21(13-11-19)33(29,30)26-16-20-8-5-15-31-20/h4,9-14,18,20,26H,1-3,5-8,15-17H2,(H,25,27,28). The number of aromatic nitrogens is 1. The molecule has 1 saturated carbocycles. The number of rotatable bonds is 9. The Balaban J connectivity index is 1.35. The van der Waals surface area contributed by atoms with E-state index in [0.29, 0.717) is 36.3 Å². The molecule has 1 amide bonds. The summed E-state index contributed by atoms with van der Waals surface area (Å²) >= 11 is 0. The number of ether oxygens (including phenoxy) is 2. The normalized spacial score (nSPS) is 19.3. The van der Waals surface area contributed by atoms with Crippen molar-refractivity contribution in [3.63, 3.8) is 0 Å². The lowest BCUT2D eigenvalue weighted by Crippen LogP contribution is -2.31. The number of carbonyl (C=O) groups excluding carboxylic acids is 1. The van der Waals surface area contributed by atoms with Gasteiger partial charge in [0.05, 0.1) is 17.6 Å². The van der Waals surface area contributed by atoms with E-state index < -0.39 is 10.0 Å². The lowest BCUT2D eigenvalue weighted by Gasteiger charge is -2.22. The molecular weight excluding hydrogens is 442 g/mol. The first-order valence-electron chi connectivity index (χ1n) is 11.6. The first-order chi connectivity index (χ1) is 16.0. The molecule has 2 aromatic rings. The van der Waals surface area contributed by atoms with Crippen LogP contribution in [-0.2, 0) is 14.8 Å². The van der Waals surface area contributed by atoms with E-state index in [1.54, 1.807) is 18.3 Å². The summed E-state index contributed by atoms with van der Waals surface area (Å²) in [5.41, 5.74) is 0.331. The summed E-state index contributed by atoms with van der Waals surface area (Å²) in [6, 6.07) is 9.39. The number of nitrogens with one attached hydrogen (secondary N) is 2. The van der Waals surface area contributed by atoms with E-state index >= 15 is 0 Å². The van der Waals surface area contributed by atoms with Crippen LogP contribution in [-0.4, -0.2) is 45.2 Å². The molecule has 9 heteroatoms. The number of pyridine rings is 1. The van der Waals surface area contributed by atoms with Crippen molar-refractivity contribution >= 4 is 21.7 Å². The fraction of sp³-hybridized carbons (Fsp3) is 0.500. The highest BCUT2D eigenvalue weighted by Gasteiger charge is 2.21. The summed E-state index contributed by atoms with van der Waals surface area (Å²) in [6.45, 7) is 1.52. The van der Waals surface area contributed by atoms with Crippen LogP contribution in [0, 0.1) is 5.92 Å². The molecule has 1 saturated heterocycles. The fourth-order valence-electron chi connectivity index (χ4n) is 4.22. The monoisotopic (exact) mass is 473 g/mol. The van der Waals surface area contributed by atoms with Crippen LogP contribution in [0.1, 0.15) is 55.3 Å². The van der Waals surface area contributed by atoms with Crippen molar-refractivity contribution in [2.75, 3.05) is 25.1 Å². The predicted molar refractivity (Wildman–Crippen MR) is 125 cm³/mol. The molecule has 2 fully saturated rings. The Morgan fingerprint density at radius 1 is 1.06 bits per heavy atom. The van der Waals surface area contributed by atoms with Gasteiger partial charge in [-0.2, -0.15) is 0 Å². The summed E-state index contributed by atoms with van der Waals surface area (Å²) in [5, 5.41) is 2.78. The summed E-state index contributed by atoms with van der Waals surface area (Å²) < 4.78 is 39.0. The number of amides is 1. The number of benzene rings is 1. The molecule has 4 rings (SSSR count). The average Bonchev–Trinajstić information content (AvgIpc) is 3.37. The van der Waals surface area contributed by atoms with Crippen molar-refractivity contribution in [2.45, 2.75) is 55.9 Å². The zero-order chi connectivity index (χ0) is 23.1. The van der Waals surface area contributed by atoms with Gasteiger partial charge in [0.2, 0.25) is 10.0 Å². The number of carbonyl (C=O) groups is 1. The predicted octanol–water partition coefficient (Wildman–Crippen LogP) is 3.75. The van der Waals surface area contributed by atoms with Gasteiger partial charge in [0.25, 0.3) is 5.91 Å². The van der Waals surface area contributed by atoms with Gasteiger partial charge in [-0.05, 0) is 68.0 Å². The SMILES string of the molecule is O=C(Nc1ncccc1OCC1CCCCC1)c1ccc(S(=O)(=O)NCC2CCCO2)cc1. The first-order valence-corrected chi connectivity index (χ1v) is 13.1. The van der Waals surface area contributed by atoms with Gasteiger partial charge >= 0.3 is 0 Å². The molecule has 0 bridgehead atoms. The third kappa shape index (κ3) is 6.52. The Labute approximate surface area is 195 Å². The molecule has 8 nitrogen and oxygen atoms in total. The average molecular weight is 474 g/mol. The van der Waals surface area contributed by atoms with Crippen LogP contribution in [0.25, 0.3) is 0 Å². The Kier molecular flexibility index (Phi) is 7.95. The molecule has 33 heavy (non-hydrogen) atoms. The topological polar surface area (TPSA) is 107 Å². The zero-order valence-corrected chi connectivity index (χ0v) is 19.5. The van der Waals surface area contributed by atoms with Crippen LogP contribution in [0.15, 0.2) is 47.5 Å². The number of hydrogen-bond donors (Lipinski definition) is 2. The molecule has 2 aliphatic rings. The van der Waals surface area contributed by atoms with Crippen LogP contribution in [0.4, 0.5) is 5.82 Å². The van der Waals surface area contributed by atoms with Crippen LogP contribution in [0.2, 0.25) is 0 Å². The van der Waals surface area contributed by atoms with Crippen molar-refractivity contribution in [3.05, 3.63) is 48.2 Å². The van der Waals surface area contributed by atoms with E-state index in [-0.39, 0.29) is 23.5 Å². The molecule has 0 spiro atoms. The van der Waals surface area contributed by atoms with Crippen molar-refractivity contribution in [1.29, 1.82) is 0 Å². The first kappa shape index (κ1) is 23.7. The second kappa shape index (κ2) is 11.1. The highest BCUT2D eigenvalue weighted by molar-refractivity contribution is 7.89. The molecule has 2 heterocycles. The van der Waals surface area contributed by atoms with Gasteiger partial charge in [-0.3, -0.25) is 4.79 Å². The zero-order valence-electron chi connectivity index (χ0n) is 18.7. The Morgan fingerprint density at radius 3 is 2.58 bits per heavy atom. The molecule has 178 valence electrons. The van der Waals surface area contributed by atoms with E-state index in [4.69, 9.17) is 9.47 Å². The van der Waals surface area contributed by atoms with Gasteiger partial charge in [-0.25, -0.2) is 18.1 Å². The van der Waals surface area contributed by atoms with E-state index in [9.17, 15) is 13.2 Å². The van der Waals surface area contributed by atoms with Crippen LogP contribution < -0.4 is 14.8 Å². The smallest absolute Gasteiger partial charge is 0.256 e. The minimum atomic E-state index is -3.67. The van der Waals surface area contributed by atoms with Crippen molar-refractivity contribution in [1.82, 2.24) is 9.71 Å². The Hall–Kier alpha value is -2.49. The van der Waals surface area contributed by atoms with E-state index in [1.807, 2.05) is 0 Å². The summed E-state index contributed by atoms with van der Waals surface area (Å²) in [4.78, 5) is 17.1. The van der Waals surface area contributed by atoms with Crippen molar-refractivity contribution < 1.29 is 22.7 Å². The number of hydrogen-bond acceptors (Lipinski definition) is 6. The maximum atomic E-state index is 12.7.